The van der Waals surface area contributed by atoms with Gasteiger partial charge in [0.05, 0.1) is 10.6 Å². The van der Waals surface area contributed by atoms with Crippen LogP contribution in [0.25, 0.3) is 0 Å². The summed E-state index contributed by atoms with van der Waals surface area (Å²) < 4.78 is 0. The molecule has 1 aliphatic carbocycles. The standard InChI is InChI=1S/C13H19N3O2/c1-9-7-15-12(10(2)13(9)16(17)18)8-14-11-5-3-4-6-11/h7,11,14H,3-6,8H2,1-2H3. The highest BCUT2D eigenvalue weighted by Crippen LogP contribution is 2.24. The predicted octanol–water partition coefficient (Wildman–Crippen LogP) is 2.64. The number of nitro groups is 1. The Hall–Kier alpha value is -1.49. The average molecular weight is 249 g/mol. The molecule has 2 rings (SSSR count). The summed E-state index contributed by atoms with van der Waals surface area (Å²) in [6, 6.07) is 0.548. The van der Waals surface area contributed by atoms with E-state index in [0.29, 0.717) is 23.7 Å². The summed E-state index contributed by atoms with van der Waals surface area (Å²) in [5.41, 5.74) is 2.31. The molecule has 1 fully saturated rings. The summed E-state index contributed by atoms with van der Waals surface area (Å²) in [5, 5.41) is 14.5. The van der Waals surface area contributed by atoms with Crippen molar-refractivity contribution >= 4 is 5.69 Å². The molecule has 1 aliphatic rings. The predicted molar refractivity (Wildman–Crippen MR) is 69.5 cm³/mol. The van der Waals surface area contributed by atoms with E-state index in [0.717, 1.165) is 5.69 Å². The van der Waals surface area contributed by atoms with Crippen LogP contribution in [0.1, 0.15) is 42.5 Å². The number of nitrogens with one attached hydrogen (secondary N) is 1. The smallest absolute Gasteiger partial charge is 0.278 e. The van der Waals surface area contributed by atoms with Crippen LogP contribution in [0.15, 0.2) is 6.20 Å². The van der Waals surface area contributed by atoms with Crippen molar-refractivity contribution in [1.29, 1.82) is 0 Å². The molecular weight excluding hydrogens is 230 g/mol. The molecule has 1 heterocycles. The molecule has 1 saturated carbocycles. The lowest BCUT2D eigenvalue weighted by Gasteiger charge is -2.13. The lowest BCUT2D eigenvalue weighted by Crippen LogP contribution is -2.26. The third kappa shape index (κ3) is 2.67. The van der Waals surface area contributed by atoms with Gasteiger partial charge in [0.15, 0.2) is 0 Å². The van der Waals surface area contributed by atoms with E-state index in [9.17, 15) is 10.1 Å². The zero-order valence-corrected chi connectivity index (χ0v) is 10.9. The van der Waals surface area contributed by atoms with Gasteiger partial charge in [0.25, 0.3) is 5.69 Å². The summed E-state index contributed by atoms with van der Waals surface area (Å²) in [6.07, 6.45) is 6.55. The highest BCUT2D eigenvalue weighted by atomic mass is 16.6. The van der Waals surface area contributed by atoms with Crippen molar-refractivity contribution < 1.29 is 4.92 Å². The van der Waals surface area contributed by atoms with Crippen LogP contribution >= 0.6 is 0 Å². The molecule has 0 aliphatic heterocycles. The third-order valence-electron chi connectivity index (χ3n) is 3.67. The summed E-state index contributed by atoms with van der Waals surface area (Å²) in [4.78, 5) is 15.0. The molecule has 0 spiro atoms. The van der Waals surface area contributed by atoms with Gasteiger partial charge in [0.1, 0.15) is 0 Å². The molecule has 0 radical (unpaired) electrons. The maximum absolute atomic E-state index is 11.0. The van der Waals surface area contributed by atoms with Crippen LogP contribution in [0.3, 0.4) is 0 Å². The highest BCUT2D eigenvalue weighted by molar-refractivity contribution is 5.47. The zero-order chi connectivity index (χ0) is 13.1. The van der Waals surface area contributed by atoms with E-state index in [2.05, 4.69) is 10.3 Å². The van der Waals surface area contributed by atoms with Crippen LogP contribution in [0.4, 0.5) is 5.69 Å². The van der Waals surface area contributed by atoms with Gasteiger partial charge in [-0.05, 0) is 26.7 Å². The second-order valence-corrected chi connectivity index (χ2v) is 4.98. The lowest BCUT2D eigenvalue weighted by molar-refractivity contribution is -0.386. The van der Waals surface area contributed by atoms with Crippen molar-refractivity contribution in [2.75, 3.05) is 0 Å². The first-order valence-corrected chi connectivity index (χ1v) is 6.42. The number of hydrogen-bond donors (Lipinski definition) is 1. The van der Waals surface area contributed by atoms with Crippen LogP contribution in [0.5, 0.6) is 0 Å². The molecule has 5 heteroatoms. The van der Waals surface area contributed by atoms with Crippen molar-refractivity contribution in [2.24, 2.45) is 0 Å². The number of aryl methyl sites for hydroxylation is 1. The lowest BCUT2D eigenvalue weighted by atomic mass is 10.1. The van der Waals surface area contributed by atoms with Crippen molar-refractivity contribution in [3.8, 4) is 0 Å². The molecule has 1 aromatic heterocycles. The first-order valence-electron chi connectivity index (χ1n) is 6.42. The Labute approximate surface area is 107 Å². The summed E-state index contributed by atoms with van der Waals surface area (Å²) in [6.45, 7) is 4.13. The molecule has 98 valence electrons. The van der Waals surface area contributed by atoms with E-state index >= 15 is 0 Å². The molecule has 0 saturated heterocycles. The van der Waals surface area contributed by atoms with E-state index in [-0.39, 0.29) is 10.6 Å². The van der Waals surface area contributed by atoms with Gasteiger partial charge in [-0.2, -0.15) is 0 Å². The number of rotatable bonds is 4. The van der Waals surface area contributed by atoms with E-state index in [1.54, 1.807) is 20.0 Å². The number of aromatic nitrogens is 1. The largest absolute Gasteiger partial charge is 0.308 e. The molecule has 0 aromatic carbocycles. The number of nitrogens with zero attached hydrogens (tertiary/aromatic N) is 2. The maximum atomic E-state index is 11.0. The highest BCUT2D eigenvalue weighted by Gasteiger charge is 2.20. The average Bonchev–Trinajstić information content (AvgIpc) is 2.80. The minimum atomic E-state index is -0.314. The Balaban J connectivity index is 2.12. The Morgan fingerprint density at radius 3 is 2.72 bits per heavy atom. The molecule has 18 heavy (non-hydrogen) atoms. The topological polar surface area (TPSA) is 68.1 Å². The van der Waals surface area contributed by atoms with Crippen molar-refractivity contribution in [1.82, 2.24) is 10.3 Å². The Morgan fingerprint density at radius 1 is 1.44 bits per heavy atom. The first-order chi connectivity index (χ1) is 8.59. The number of hydrogen-bond acceptors (Lipinski definition) is 4. The van der Waals surface area contributed by atoms with Crippen LogP contribution in [0.2, 0.25) is 0 Å². The van der Waals surface area contributed by atoms with Crippen LogP contribution in [-0.2, 0) is 6.54 Å². The second kappa shape index (κ2) is 5.44. The minimum absolute atomic E-state index is 0.202. The summed E-state index contributed by atoms with van der Waals surface area (Å²) in [7, 11) is 0. The van der Waals surface area contributed by atoms with E-state index in [4.69, 9.17) is 0 Å². The maximum Gasteiger partial charge on any atom is 0.278 e. The minimum Gasteiger partial charge on any atom is -0.308 e. The monoisotopic (exact) mass is 249 g/mol. The van der Waals surface area contributed by atoms with Crippen LogP contribution in [0, 0.1) is 24.0 Å². The normalized spacial score (nSPS) is 16.1. The summed E-state index contributed by atoms with van der Waals surface area (Å²) in [5.74, 6) is 0. The quantitative estimate of drug-likeness (QED) is 0.658. The fourth-order valence-corrected chi connectivity index (χ4v) is 2.60. The third-order valence-corrected chi connectivity index (χ3v) is 3.67. The van der Waals surface area contributed by atoms with Gasteiger partial charge < -0.3 is 5.32 Å². The summed E-state index contributed by atoms with van der Waals surface area (Å²) >= 11 is 0. The molecule has 0 bridgehead atoms. The Morgan fingerprint density at radius 2 is 2.11 bits per heavy atom. The van der Waals surface area contributed by atoms with Crippen molar-refractivity contribution in [3.63, 3.8) is 0 Å². The van der Waals surface area contributed by atoms with Gasteiger partial charge in [0.2, 0.25) is 0 Å². The van der Waals surface area contributed by atoms with Crippen LogP contribution < -0.4 is 5.32 Å². The molecule has 0 atom stereocenters. The second-order valence-electron chi connectivity index (χ2n) is 4.98. The van der Waals surface area contributed by atoms with Gasteiger partial charge in [-0.15, -0.1) is 0 Å². The van der Waals surface area contributed by atoms with Crippen LogP contribution in [-0.4, -0.2) is 15.9 Å². The Bertz CT molecular complexity index is 454. The van der Waals surface area contributed by atoms with Gasteiger partial charge in [-0.3, -0.25) is 15.1 Å². The van der Waals surface area contributed by atoms with Gasteiger partial charge in [-0.25, -0.2) is 0 Å². The molecule has 5 nitrogen and oxygen atoms in total. The molecule has 1 N–H and O–H groups in total. The fourth-order valence-electron chi connectivity index (χ4n) is 2.60. The molecular formula is C13H19N3O2. The number of pyridine rings is 1. The molecule has 1 aromatic rings. The van der Waals surface area contributed by atoms with E-state index in [1.165, 1.54) is 25.7 Å². The van der Waals surface area contributed by atoms with Gasteiger partial charge in [0, 0.05) is 29.9 Å². The van der Waals surface area contributed by atoms with E-state index < -0.39 is 0 Å². The van der Waals surface area contributed by atoms with Crippen molar-refractivity contribution in [3.05, 3.63) is 33.1 Å². The first kappa shape index (κ1) is 13.0. The Kier molecular flexibility index (Phi) is 3.91. The van der Waals surface area contributed by atoms with Crippen molar-refractivity contribution in [2.45, 2.75) is 52.1 Å². The zero-order valence-electron chi connectivity index (χ0n) is 10.9. The van der Waals surface area contributed by atoms with Gasteiger partial charge in [-0.1, -0.05) is 12.8 Å². The molecule has 0 unspecified atom stereocenters. The fraction of sp³-hybridized carbons (Fsp3) is 0.615. The SMILES string of the molecule is Cc1cnc(CNC2CCCC2)c(C)c1[N+](=O)[O-]. The van der Waals surface area contributed by atoms with E-state index in [1.807, 2.05) is 0 Å². The van der Waals surface area contributed by atoms with Gasteiger partial charge >= 0.3 is 0 Å². The molecule has 0 amide bonds.